The highest BCUT2D eigenvalue weighted by molar-refractivity contribution is 4.88. The number of ether oxygens (including phenoxy) is 1. The Morgan fingerprint density at radius 2 is 1.76 bits per heavy atom. The lowest BCUT2D eigenvalue weighted by molar-refractivity contribution is -0.0149. The Kier molecular flexibility index (Phi) is 5.54. The van der Waals surface area contributed by atoms with Crippen LogP contribution in [0.1, 0.15) is 45.4 Å². The van der Waals surface area contributed by atoms with Gasteiger partial charge in [-0.25, -0.2) is 0 Å². The summed E-state index contributed by atoms with van der Waals surface area (Å²) < 4.78 is 6.07. The van der Waals surface area contributed by atoms with Crippen LogP contribution in [-0.2, 0) is 4.74 Å². The summed E-state index contributed by atoms with van der Waals surface area (Å²) in [6.45, 7) is 9.37. The summed E-state index contributed by atoms with van der Waals surface area (Å²) in [5.74, 6) is 0.904. The second-order valence-electron chi connectivity index (χ2n) is 7.35. The maximum Gasteiger partial charge on any atom is 0.0747 e. The molecule has 3 fully saturated rings. The quantitative estimate of drug-likeness (QED) is 0.838. The molecule has 2 N–H and O–H groups in total. The number of hydrogen-bond acceptors (Lipinski definition) is 4. The molecule has 0 amide bonds. The second kappa shape index (κ2) is 7.40. The molecule has 3 heterocycles. The average molecular weight is 295 g/mol. The molecule has 0 saturated carbocycles. The highest BCUT2D eigenvalue weighted by Crippen LogP contribution is 2.28. The Bertz CT molecular complexity index is 311. The van der Waals surface area contributed by atoms with Gasteiger partial charge in [0.15, 0.2) is 0 Å². The van der Waals surface area contributed by atoms with Crippen LogP contribution in [-0.4, -0.2) is 67.3 Å². The first-order valence-corrected chi connectivity index (χ1v) is 9.08. The van der Waals surface area contributed by atoms with E-state index < -0.39 is 0 Å². The van der Waals surface area contributed by atoms with Crippen LogP contribution < -0.4 is 5.73 Å². The summed E-state index contributed by atoms with van der Waals surface area (Å²) in [6, 6.07) is 0.447. The maximum atomic E-state index is 6.07. The van der Waals surface area contributed by atoms with Crippen molar-refractivity contribution in [2.45, 2.75) is 63.7 Å². The molecule has 0 radical (unpaired) electrons. The summed E-state index contributed by atoms with van der Waals surface area (Å²) >= 11 is 0. The van der Waals surface area contributed by atoms with Crippen LogP contribution >= 0.6 is 0 Å². The van der Waals surface area contributed by atoms with Crippen LogP contribution in [0.3, 0.4) is 0 Å². The van der Waals surface area contributed by atoms with E-state index in [4.69, 9.17) is 10.5 Å². The van der Waals surface area contributed by atoms with Gasteiger partial charge in [0.05, 0.1) is 12.2 Å². The Labute approximate surface area is 130 Å². The van der Waals surface area contributed by atoms with Crippen molar-refractivity contribution >= 4 is 0 Å². The molecule has 0 aromatic carbocycles. The third kappa shape index (κ3) is 3.98. The van der Waals surface area contributed by atoms with Crippen molar-refractivity contribution in [3.8, 4) is 0 Å². The predicted molar refractivity (Wildman–Crippen MR) is 86.4 cm³/mol. The van der Waals surface area contributed by atoms with Gasteiger partial charge in [0.2, 0.25) is 0 Å². The highest BCUT2D eigenvalue weighted by atomic mass is 16.5. The van der Waals surface area contributed by atoms with Gasteiger partial charge in [0.1, 0.15) is 0 Å². The summed E-state index contributed by atoms with van der Waals surface area (Å²) in [5, 5.41) is 0. The van der Waals surface area contributed by atoms with Crippen LogP contribution in [0.5, 0.6) is 0 Å². The minimum Gasteiger partial charge on any atom is -0.374 e. The molecule has 0 spiro atoms. The molecule has 3 atom stereocenters. The van der Waals surface area contributed by atoms with Gasteiger partial charge in [-0.3, -0.25) is 4.90 Å². The van der Waals surface area contributed by atoms with E-state index in [-0.39, 0.29) is 0 Å². The second-order valence-corrected chi connectivity index (χ2v) is 7.35. The van der Waals surface area contributed by atoms with E-state index in [1.165, 1.54) is 71.2 Å². The first-order chi connectivity index (χ1) is 10.3. The molecule has 3 rings (SSSR count). The Hall–Kier alpha value is -0.160. The topological polar surface area (TPSA) is 41.7 Å². The zero-order valence-corrected chi connectivity index (χ0v) is 13.7. The van der Waals surface area contributed by atoms with Gasteiger partial charge in [-0.15, -0.1) is 0 Å². The fraction of sp³-hybridized carbons (Fsp3) is 1.00. The molecule has 4 nitrogen and oxygen atoms in total. The molecule has 0 aromatic rings. The zero-order chi connectivity index (χ0) is 14.7. The van der Waals surface area contributed by atoms with Crippen LogP contribution in [0.15, 0.2) is 0 Å². The lowest BCUT2D eigenvalue weighted by atomic mass is 9.93. The number of likely N-dealkylation sites (tertiary alicyclic amines) is 2. The van der Waals surface area contributed by atoms with Gasteiger partial charge in [0.25, 0.3) is 0 Å². The lowest BCUT2D eigenvalue weighted by Crippen LogP contribution is -2.51. The van der Waals surface area contributed by atoms with Crippen molar-refractivity contribution in [2.24, 2.45) is 11.7 Å². The number of nitrogens with zero attached hydrogens (tertiary/aromatic N) is 2. The van der Waals surface area contributed by atoms with E-state index in [9.17, 15) is 0 Å². The molecule has 21 heavy (non-hydrogen) atoms. The minimum absolute atomic E-state index is 0.375. The fourth-order valence-electron chi connectivity index (χ4n) is 4.45. The van der Waals surface area contributed by atoms with Crippen molar-refractivity contribution in [2.75, 3.05) is 39.3 Å². The average Bonchev–Trinajstić information content (AvgIpc) is 3.14. The van der Waals surface area contributed by atoms with E-state index in [2.05, 4.69) is 16.7 Å². The van der Waals surface area contributed by atoms with Crippen LogP contribution in [0.2, 0.25) is 0 Å². The minimum atomic E-state index is 0.375. The largest absolute Gasteiger partial charge is 0.374 e. The zero-order valence-electron chi connectivity index (χ0n) is 13.7. The molecular weight excluding hydrogens is 262 g/mol. The standard InChI is InChI=1S/C17H33N3O/c1-14-4-5-17(21-14)16(12-18)20-10-6-15(7-11-20)13-19-8-2-3-9-19/h14-17H,2-13,18H2,1H3. The first-order valence-electron chi connectivity index (χ1n) is 9.08. The SMILES string of the molecule is CC1CCC(C(CN)N2CCC(CN3CCCC3)CC2)O1. The number of hydrogen-bond donors (Lipinski definition) is 1. The van der Waals surface area contributed by atoms with Gasteiger partial charge in [-0.2, -0.15) is 0 Å². The molecule has 3 aliphatic heterocycles. The summed E-state index contributed by atoms with van der Waals surface area (Å²) in [7, 11) is 0. The third-order valence-electron chi connectivity index (χ3n) is 5.77. The van der Waals surface area contributed by atoms with Gasteiger partial charge < -0.3 is 15.4 Å². The van der Waals surface area contributed by atoms with Gasteiger partial charge in [-0.1, -0.05) is 0 Å². The van der Waals surface area contributed by atoms with Gasteiger partial charge >= 0.3 is 0 Å². The lowest BCUT2D eigenvalue weighted by Gasteiger charge is -2.40. The highest BCUT2D eigenvalue weighted by Gasteiger charge is 2.34. The summed E-state index contributed by atoms with van der Waals surface area (Å²) in [5.41, 5.74) is 6.07. The van der Waals surface area contributed by atoms with Crippen molar-refractivity contribution in [3.63, 3.8) is 0 Å². The molecule has 3 saturated heterocycles. The van der Waals surface area contributed by atoms with E-state index in [1.54, 1.807) is 0 Å². The Morgan fingerprint density at radius 3 is 2.33 bits per heavy atom. The predicted octanol–water partition coefficient (Wildman–Crippen LogP) is 1.69. The number of piperidine rings is 1. The van der Waals surface area contributed by atoms with Gasteiger partial charge in [0, 0.05) is 19.1 Å². The molecule has 0 bridgehead atoms. The van der Waals surface area contributed by atoms with Crippen molar-refractivity contribution < 1.29 is 4.74 Å². The smallest absolute Gasteiger partial charge is 0.0747 e. The maximum absolute atomic E-state index is 6.07. The third-order valence-corrected chi connectivity index (χ3v) is 5.77. The summed E-state index contributed by atoms with van der Waals surface area (Å²) in [6.07, 6.45) is 8.70. The molecule has 122 valence electrons. The number of nitrogens with two attached hydrogens (primary N) is 1. The Balaban J connectivity index is 1.45. The molecule has 3 unspecified atom stereocenters. The van der Waals surface area contributed by atoms with Crippen LogP contribution in [0, 0.1) is 5.92 Å². The van der Waals surface area contributed by atoms with Crippen LogP contribution in [0.4, 0.5) is 0 Å². The molecule has 0 aromatic heterocycles. The fourth-order valence-corrected chi connectivity index (χ4v) is 4.45. The first kappa shape index (κ1) is 15.7. The normalized spacial score (nSPS) is 34.6. The van der Waals surface area contributed by atoms with Gasteiger partial charge in [-0.05, 0) is 77.5 Å². The number of rotatable bonds is 5. The van der Waals surface area contributed by atoms with E-state index >= 15 is 0 Å². The van der Waals surface area contributed by atoms with Crippen molar-refractivity contribution in [3.05, 3.63) is 0 Å². The molecule has 0 aliphatic carbocycles. The Morgan fingerprint density at radius 1 is 1.05 bits per heavy atom. The monoisotopic (exact) mass is 295 g/mol. The van der Waals surface area contributed by atoms with Crippen LogP contribution in [0.25, 0.3) is 0 Å². The molecule has 4 heteroatoms. The van der Waals surface area contributed by atoms with E-state index in [0.717, 1.165) is 12.5 Å². The van der Waals surface area contributed by atoms with E-state index in [1.807, 2.05) is 0 Å². The molecular formula is C17H33N3O. The summed E-state index contributed by atoms with van der Waals surface area (Å²) in [4.78, 5) is 5.28. The molecule has 3 aliphatic rings. The van der Waals surface area contributed by atoms with Crippen molar-refractivity contribution in [1.29, 1.82) is 0 Å². The van der Waals surface area contributed by atoms with Crippen molar-refractivity contribution in [1.82, 2.24) is 9.80 Å². The van der Waals surface area contributed by atoms with E-state index in [0.29, 0.717) is 18.2 Å².